The summed E-state index contributed by atoms with van der Waals surface area (Å²) in [5.41, 5.74) is 0.675. The SMILES string of the molecule is CS(=O)(=O)NC(=O)/C(=C\c1ccc(Oc2ccccc2I)cc1)NC(=O)c1ccccc1. The maximum absolute atomic E-state index is 12.5. The van der Waals surface area contributed by atoms with E-state index in [0.29, 0.717) is 22.6 Å². The standard InChI is InChI=1S/C23H19IN2O5S/c1-32(29,30)26-23(28)20(25-22(27)17-7-3-2-4-8-17)15-16-11-13-18(14-12-16)31-21-10-6-5-9-19(21)24/h2-15H,1H3,(H,25,27)(H,26,28)/b20-15+. The van der Waals surface area contributed by atoms with E-state index in [-0.39, 0.29) is 5.70 Å². The Morgan fingerprint density at radius 1 is 0.906 bits per heavy atom. The number of hydrogen-bond donors (Lipinski definition) is 2. The van der Waals surface area contributed by atoms with Crippen molar-refractivity contribution in [1.29, 1.82) is 0 Å². The summed E-state index contributed by atoms with van der Waals surface area (Å²) >= 11 is 2.18. The Kier molecular flexibility index (Phi) is 7.65. The molecule has 0 heterocycles. The predicted octanol–water partition coefficient (Wildman–Crippen LogP) is 3.93. The first-order valence-electron chi connectivity index (χ1n) is 9.34. The molecule has 0 aliphatic carbocycles. The molecule has 2 amide bonds. The lowest BCUT2D eigenvalue weighted by Crippen LogP contribution is -2.37. The van der Waals surface area contributed by atoms with Crippen LogP contribution < -0.4 is 14.8 Å². The van der Waals surface area contributed by atoms with Crippen LogP contribution in [0.25, 0.3) is 6.08 Å². The van der Waals surface area contributed by atoms with E-state index < -0.39 is 21.8 Å². The van der Waals surface area contributed by atoms with E-state index in [0.717, 1.165) is 9.83 Å². The summed E-state index contributed by atoms with van der Waals surface area (Å²) in [6, 6.07) is 22.6. The lowest BCUT2D eigenvalue weighted by molar-refractivity contribution is -0.116. The first-order valence-corrected chi connectivity index (χ1v) is 12.3. The molecule has 0 atom stereocenters. The van der Waals surface area contributed by atoms with E-state index in [1.807, 2.05) is 29.0 Å². The van der Waals surface area contributed by atoms with Crippen molar-refractivity contribution >= 4 is 50.5 Å². The fourth-order valence-corrected chi connectivity index (χ4v) is 3.56. The van der Waals surface area contributed by atoms with Crippen molar-refractivity contribution < 1.29 is 22.7 Å². The van der Waals surface area contributed by atoms with E-state index >= 15 is 0 Å². The third-order valence-corrected chi connectivity index (χ3v) is 5.51. The molecule has 3 aromatic rings. The van der Waals surface area contributed by atoms with E-state index in [9.17, 15) is 18.0 Å². The summed E-state index contributed by atoms with van der Waals surface area (Å²) in [7, 11) is -3.82. The third-order valence-electron chi connectivity index (χ3n) is 4.06. The minimum atomic E-state index is -3.82. The van der Waals surface area contributed by atoms with E-state index in [4.69, 9.17) is 4.74 Å². The zero-order valence-electron chi connectivity index (χ0n) is 16.9. The van der Waals surface area contributed by atoms with Gasteiger partial charge in [-0.3, -0.25) is 9.59 Å². The number of carbonyl (C=O) groups excluding carboxylic acids is 2. The van der Waals surface area contributed by atoms with E-state index in [1.165, 1.54) is 6.08 Å². The Bertz CT molecular complexity index is 1260. The number of halogens is 1. The molecule has 0 unspecified atom stereocenters. The van der Waals surface area contributed by atoms with Crippen LogP contribution in [0, 0.1) is 3.57 Å². The number of rotatable bonds is 7. The number of nitrogens with one attached hydrogen (secondary N) is 2. The smallest absolute Gasteiger partial charge is 0.281 e. The number of hydrogen-bond acceptors (Lipinski definition) is 5. The van der Waals surface area contributed by atoms with Gasteiger partial charge in [0.25, 0.3) is 11.8 Å². The minimum absolute atomic E-state index is 0.212. The molecule has 0 radical (unpaired) electrons. The van der Waals surface area contributed by atoms with Crippen LogP contribution in [0.4, 0.5) is 0 Å². The van der Waals surface area contributed by atoms with Gasteiger partial charge >= 0.3 is 0 Å². The van der Waals surface area contributed by atoms with Crippen LogP contribution in [0.1, 0.15) is 15.9 Å². The lowest BCUT2D eigenvalue weighted by Gasteiger charge is -2.11. The first-order chi connectivity index (χ1) is 15.2. The molecular weight excluding hydrogens is 543 g/mol. The number of benzene rings is 3. The monoisotopic (exact) mass is 562 g/mol. The molecule has 0 bridgehead atoms. The van der Waals surface area contributed by atoms with Crippen molar-refractivity contribution in [2.45, 2.75) is 0 Å². The number of amides is 2. The third kappa shape index (κ3) is 6.92. The van der Waals surface area contributed by atoms with Crippen LogP contribution >= 0.6 is 22.6 Å². The number of para-hydroxylation sites is 1. The average Bonchev–Trinajstić information content (AvgIpc) is 2.75. The van der Waals surface area contributed by atoms with E-state index in [2.05, 4.69) is 27.9 Å². The van der Waals surface area contributed by atoms with Gasteiger partial charge in [-0.15, -0.1) is 0 Å². The van der Waals surface area contributed by atoms with Crippen molar-refractivity contribution in [3.8, 4) is 11.5 Å². The molecular formula is C23H19IN2O5S. The average molecular weight is 562 g/mol. The van der Waals surface area contributed by atoms with Crippen LogP contribution in [-0.4, -0.2) is 26.5 Å². The highest BCUT2D eigenvalue weighted by atomic mass is 127. The molecule has 0 aliphatic rings. The molecule has 0 fully saturated rings. The molecule has 9 heteroatoms. The summed E-state index contributed by atoms with van der Waals surface area (Å²) in [6.45, 7) is 0. The molecule has 0 aliphatic heterocycles. The summed E-state index contributed by atoms with van der Waals surface area (Å²) in [4.78, 5) is 25.0. The fraction of sp³-hybridized carbons (Fsp3) is 0.0435. The molecule has 7 nitrogen and oxygen atoms in total. The Morgan fingerprint density at radius 2 is 1.53 bits per heavy atom. The molecule has 2 N–H and O–H groups in total. The Morgan fingerprint density at radius 3 is 2.16 bits per heavy atom. The predicted molar refractivity (Wildman–Crippen MR) is 131 cm³/mol. The van der Waals surface area contributed by atoms with Crippen molar-refractivity contribution in [2.75, 3.05) is 6.26 Å². The lowest BCUT2D eigenvalue weighted by atomic mass is 10.1. The second kappa shape index (κ2) is 10.4. The summed E-state index contributed by atoms with van der Waals surface area (Å²) in [5.74, 6) is -0.198. The number of sulfonamides is 1. The van der Waals surface area contributed by atoms with Crippen molar-refractivity contribution in [1.82, 2.24) is 10.0 Å². The van der Waals surface area contributed by atoms with Gasteiger partial charge in [0.15, 0.2) is 0 Å². The molecule has 3 rings (SSSR count). The summed E-state index contributed by atoms with van der Waals surface area (Å²) in [6.07, 6.45) is 2.25. The van der Waals surface area contributed by atoms with Gasteiger partial charge in [0, 0.05) is 5.56 Å². The molecule has 0 aromatic heterocycles. The van der Waals surface area contributed by atoms with Crippen LogP contribution in [0.3, 0.4) is 0 Å². The van der Waals surface area contributed by atoms with Gasteiger partial charge in [-0.1, -0.05) is 42.5 Å². The zero-order valence-corrected chi connectivity index (χ0v) is 19.9. The van der Waals surface area contributed by atoms with Gasteiger partial charge in [0.1, 0.15) is 17.2 Å². The Labute approximate surface area is 199 Å². The van der Waals surface area contributed by atoms with Crippen LogP contribution in [0.5, 0.6) is 11.5 Å². The Hall–Kier alpha value is -3.18. The van der Waals surface area contributed by atoms with Gasteiger partial charge in [0.2, 0.25) is 10.0 Å². The summed E-state index contributed by atoms with van der Waals surface area (Å²) in [5, 5.41) is 2.48. The van der Waals surface area contributed by atoms with Crippen molar-refractivity contribution in [2.24, 2.45) is 0 Å². The van der Waals surface area contributed by atoms with Crippen molar-refractivity contribution in [3.63, 3.8) is 0 Å². The molecule has 3 aromatic carbocycles. The van der Waals surface area contributed by atoms with Gasteiger partial charge in [-0.05, 0) is 70.6 Å². The Balaban J connectivity index is 1.84. The number of ether oxygens (including phenoxy) is 1. The van der Waals surface area contributed by atoms with Gasteiger partial charge in [-0.2, -0.15) is 0 Å². The van der Waals surface area contributed by atoms with Gasteiger partial charge in [0.05, 0.1) is 9.83 Å². The second-order valence-corrected chi connectivity index (χ2v) is 9.59. The van der Waals surface area contributed by atoms with Crippen LogP contribution in [0.2, 0.25) is 0 Å². The number of carbonyl (C=O) groups is 2. The first kappa shape index (κ1) is 23.5. The fourth-order valence-electron chi connectivity index (χ4n) is 2.62. The quantitative estimate of drug-likeness (QED) is 0.336. The van der Waals surface area contributed by atoms with Crippen molar-refractivity contribution in [3.05, 3.63) is 99.3 Å². The molecule has 164 valence electrons. The van der Waals surface area contributed by atoms with E-state index in [1.54, 1.807) is 54.6 Å². The molecule has 0 saturated carbocycles. The minimum Gasteiger partial charge on any atom is -0.456 e. The maximum Gasteiger partial charge on any atom is 0.281 e. The molecule has 0 spiro atoms. The summed E-state index contributed by atoms with van der Waals surface area (Å²) < 4.78 is 31.7. The highest BCUT2D eigenvalue weighted by Gasteiger charge is 2.17. The van der Waals surface area contributed by atoms with Crippen LogP contribution in [-0.2, 0) is 14.8 Å². The molecule has 32 heavy (non-hydrogen) atoms. The van der Waals surface area contributed by atoms with Crippen LogP contribution in [0.15, 0.2) is 84.6 Å². The second-order valence-electron chi connectivity index (χ2n) is 6.68. The van der Waals surface area contributed by atoms with Gasteiger partial charge in [-0.25, -0.2) is 13.1 Å². The normalized spacial score (nSPS) is 11.5. The molecule has 0 saturated heterocycles. The maximum atomic E-state index is 12.5. The largest absolute Gasteiger partial charge is 0.456 e. The topological polar surface area (TPSA) is 102 Å². The zero-order chi connectivity index (χ0) is 23.1. The van der Waals surface area contributed by atoms with Gasteiger partial charge < -0.3 is 10.1 Å². The highest BCUT2D eigenvalue weighted by molar-refractivity contribution is 14.1. The highest BCUT2D eigenvalue weighted by Crippen LogP contribution is 2.26.